The van der Waals surface area contributed by atoms with Crippen molar-refractivity contribution in [3.8, 4) is 0 Å². The van der Waals surface area contributed by atoms with Crippen LogP contribution in [-0.2, 0) is 14.9 Å². The van der Waals surface area contributed by atoms with Gasteiger partial charge in [0.05, 0.1) is 15.8 Å². The molecule has 0 fully saturated rings. The minimum Gasteiger partial charge on any atom is -0.452 e. The molecule has 0 radical (unpaired) electrons. The van der Waals surface area contributed by atoms with Gasteiger partial charge in [-0.1, -0.05) is 50.3 Å². The van der Waals surface area contributed by atoms with Crippen LogP contribution in [0.2, 0.25) is 0 Å². The van der Waals surface area contributed by atoms with Crippen LogP contribution in [0.5, 0.6) is 0 Å². The molecule has 1 N–H and O–H groups in total. The van der Waals surface area contributed by atoms with Crippen LogP contribution in [0.1, 0.15) is 47.8 Å². The molecule has 1 amide bonds. The lowest BCUT2D eigenvalue weighted by Crippen LogP contribution is -2.21. The smallest absolute Gasteiger partial charge is 0.338 e. The van der Waals surface area contributed by atoms with Gasteiger partial charge in [0.1, 0.15) is 0 Å². The molecule has 2 aromatic carbocycles. The number of thiazole rings is 1. The Balaban J connectivity index is 1.59. The number of esters is 1. The average Bonchev–Trinajstić information content (AvgIpc) is 3.01. The molecule has 1 heterocycles. The summed E-state index contributed by atoms with van der Waals surface area (Å²) in [6, 6.07) is 11.3. The quantitative estimate of drug-likeness (QED) is 0.630. The first-order chi connectivity index (χ1) is 13.1. The van der Waals surface area contributed by atoms with E-state index in [1.807, 2.05) is 32.0 Å². The van der Waals surface area contributed by atoms with Gasteiger partial charge >= 0.3 is 5.97 Å². The normalized spacial score (nSPS) is 11.5. The number of aromatic nitrogens is 1. The third-order valence-electron chi connectivity index (χ3n) is 4.40. The van der Waals surface area contributed by atoms with Crippen LogP contribution in [0.15, 0.2) is 36.4 Å². The number of benzene rings is 2. The van der Waals surface area contributed by atoms with Gasteiger partial charge in [-0.25, -0.2) is 9.78 Å². The van der Waals surface area contributed by atoms with Crippen molar-refractivity contribution in [1.82, 2.24) is 4.98 Å². The van der Waals surface area contributed by atoms with E-state index in [0.717, 1.165) is 26.9 Å². The molecule has 0 aliphatic heterocycles. The van der Waals surface area contributed by atoms with E-state index in [0.29, 0.717) is 10.7 Å². The van der Waals surface area contributed by atoms with Crippen molar-refractivity contribution in [1.29, 1.82) is 0 Å². The molecule has 3 aromatic rings. The Labute approximate surface area is 168 Å². The first-order valence-electron chi connectivity index (χ1n) is 9.09. The van der Waals surface area contributed by atoms with Gasteiger partial charge in [-0.2, -0.15) is 0 Å². The van der Waals surface area contributed by atoms with Crippen LogP contribution in [0, 0.1) is 13.8 Å². The highest BCUT2D eigenvalue weighted by molar-refractivity contribution is 7.22. The number of aryl methyl sites for hydroxylation is 2. The lowest BCUT2D eigenvalue weighted by atomic mass is 9.87. The Kier molecular flexibility index (Phi) is 5.52. The fourth-order valence-corrected chi connectivity index (χ4v) is 3.96. The van der Waals surface area contributed by atoms with E-state index < -0.39 is 11.9 Å². The van der Waals surface area contributed by atoms with Crippen molar-refractivity contribution < 1.29 is 14.3 Å². The van der Waals surface area contributed by atoms with Crippen LogP contribution in [0.3, 0.4) is 0 Å². The second kappa shape index (κ2) is 7.72. The Morgan fingerprint density at radius 1 is 1.11 bits per heavy atom. The second-order valence-corrected chi connectivity index (χ2v) is 8.93. The molecular weight excluding hydrogens is 372 g/mol. The third kappa shape index (κ3) is 4.57. The predicted octanol–water partition coefficient (Wildman–Crippen LogP) is 5.01. The maximum atomic E-state index is 12.2. The Morgan fingerprint density at radius 2 is 1.79 bits per heavy atom. The fourth-order valence-electron chi connectivity index (χ4n) is 2.90. The first-order valence-corrected chi connectivity index (χ1v) is 9.90. The Morgan fingerprint density at radius 3 is 2.43 bits per heavy atom. The van der Waals surface area contributed by atoms with E-state index in [1.54, 1.807) is 12.1 Å². The number of hydrogen-bond donors (Lipinski definition) is 1. The number of rotatable bonds is 4. The number of hydrogen-bond acceptors (Lipinski definition) is 5. The summed E-state index contributed by atoms with van der Waals surface area (Å²) in [5.74, 6) is -0.931. The van der Waals surface area contributed by atoms with Gasteiger partial charge in [0.25, 0.3) is 5.91 Å². The molecule has 146 valence electrons. The van der Waals surface area contributed by atoms with Gasteiger partial charge in [-0.05, 0) is 54.2 Å². The molecule has 6 heteroatoms. The van der Waals surface area contributed by atoms with Crippen molar-refractivity contribution in [2.75, 3.05) is 11.9 Å². The van der Waals surface area contributed by atoms with Gasteiger partial charge in [0.2, 0.25) is 0 Å². The summed E-state index contributed by atoms with van der Waals surface area (Å²) < 4.78 is 6.15. The highest BCUT2D eigenvalue weighted by atomic mass is 32.1. The van der Waals surface area contributed by atoms with Crippen molar-refractivity contribution in [3.05, 3.63) is 58.7 Å². The second-order valence-electron chi connectivity index (χ2n) is 7.90. The highest BCUT2D eigenvalue weighted by Gasteiger charge is 2.16. The lowest BCUT2D eigenvalue weighted by molar-refractivity contribution is -0.119. The maximum absolute atomic E-state index is 12.2. The molecule has 0 aliphatic carbocycles. The SMILES string of the molecule is Cc1cc(C)c2nc(NC(=O)COC(=O)c3ccc(C(C)(C)C)cc3)sc2c1. The van der Waals surface area contributed by atoms with Gasteiger partial charge < -0.3 is 4.74 Å². The lowest BCUT2D eigenvalue weighted by Gasteiger charge is -2.18. The summed E-state index contributed by atoms with van der Waals surface area (Å²) in [5, 5.41) is 3.20. The molecule has 0 spiro atoms. The number of fused-ring (bicyclic) bond motifs is 1. The van der Waals surface area contributed by atoms with Gasteiger partial charge in [0, 0.05) is 0 Å². The minimum absolute atomic E-state index is 0.0104. The van der Waals surface area contributed by atoms with E-state index in [2.05, 4.69) is 37.1 Å². The molecular formula is C22H24N2O3S. The van der Waals surface area contributed by atoms with Crippen LogP contribution < -0.4 is 5.32 Å². The standard InChI is InChI=1S/C22H24N2O3S/c1-13-10-14(2)19-17(11-13)28-21(24-19)23-18(25)12-27-20(26)15-6-8-16(9-7-15)22(3,4)5/h6-11H,12H2,1-5H3,(H,23,24,25). The summed E-state index contributed by atoms with van der Waals surface area (Å²) in [6.07, 6.45) is 0. The van der Waals surface area contributed by atoms with Crippen molar-refractivity contribution in [3.63, 3.8) is 0 Å². The topological polar surface area (TPSA) is 68.3 Å². The van der Waals surface area contributed by atoms with Gasteiger partial charge in [-0.3, -0.25) is 10.1 Å². The number of amides is 1. The van der Waals surface area contributed by atoms with Crippen LogP contribution >= 0.6 is 11.3 Å². The van der Waals surface area contributed by atoms with E-state index in [-0.39, 0.29) is 12.0 Å². The van der Waals surface area contributed by atoms with Crippen LogP contribution in [-0.4, -0.2) is 23.5 Å². The Bertz CT molecular complexity index is 1030. The van der Waals surface area contributed by atoms with Crippen LogP contribution in [0.25, 0.3) is 10.2 Å². The highest BCUT2D eigenvalue weighted by Crippen LogP contribution is 2.29. The summed E-state index contributed by atoms with van der Waals surface area (Å²) >= 11 is 1.40. The zero-order valence-corrected chi connectivity index (χ0v) is 17.6. The maximum Gasteiger partial charge on any atom is 0.338 e. The molecule has 0 atom stereocenters. The zero-order chi connectivity index (χ0) is 20.5. The molecule has 0 saturated heterocycles. The molecule has 0 bridgehead atoms. The average molecular weight is 397 g/mol. The number of nitrogens with zero attached hydrogens (tertiary/aromatic N) is 1. The van der Waals surface area contributed by atoms with E-state index >= 15 is 0 Å². The molecule has 5 nitrogen and oxygen atoms in total. The summed E-state index contributed by atoms with van der Waals surface area (Å²) in [4.78, 5) is 28.8. The molecule has 1 aromatic heterocycles. The molecule has 3 rings (SSSR count). The first kappa shape index (κ1) is 20.0. The molecule has 0 aliphatic rings. The predicted molar refractivity (Wildman–Crippen MR) is 113 cm³/mol. The van der Waals surface area contributed by atoms with Crippen molar-refractivity contribution >= 4 is 38.6 Å². The van der Waals surface area contributed by atoms with E-state index in [1.165, 1.54) is 11.3 Å². The number of nitrogens with one attached hydrogen (secondary N) is 1. The Hall–Kier alpha value is -2.73. The number of ether oxygens (including phenoxy) is 1. The number of carbonyl (C=O) groups is 2. The van der Waals surface area contributed by atoms with Crippen LogP contribution in [0.4, 0.5) is 5.13 Å². The summed E-state index contributed by atoms with van der Waals surface area (Å²) in [5.41, 5.74) is 4.66. The van der Waals surface area contributed by atoms with Gasteiger partial charge in [0.15, 0.2) is 11.7 Å². The zero-order valence-electron chi connectivity index (χ0n) is 16.8. The van der Waals surface area contributed by atoms with E-state index in [9.17, 15) is 9.59 Å². The largest absolute Gasteiger partial charge is 0.452 e. The van der Waals surface area contributed by atoms with E-state index in [4.69, 9.17) is 4.74 Å². The fraction of sp³-hybridized carbons (Fsp3) is 0.318. The van der Waals surface area contributed by atoms with Crippen molar-refractivity contribution in [2.24, 2.45) is 0 Å². The summed E-state index contributed by atoms with van der Waals surface area (Å²) in [7, 11) is 0. The van der Waals surface area contributed by atoms with Gasteiger partial charge in [-0.15, -0.1) is 0 Å². The third-order valence-corrected chi connectivity index (χ3v) is 5.31. The number of carbonyl (C=O) groups excluding carboxylic acids is 2. The monoisotopic (exact) mass is 396 g/mol. The number of anilines is 1. The molecule has 0 saturated carbocycles. The molecule has 28 heavy (non-hydrogen) atoms. The van der Waals surface area contributed by atoms with Crippen molar-refractivity contribution in [2.45, 2.75) is 40.0 Å². The minimum atomic E-state index is -0.522. The molecule has 0 unspecified atom stereocenters. The summed E-state index contributed by atoms with van der Waals surface area (Å²) in [6.45, 7) is 9.99.